The smallest absolute Gasteiger partial charge is 0.0816 e. The van der Waals surface area contributed by atoms with Crippen LogP contribution in [-0.4, -0.2) is 18.3 Å². The molecule has 0 aromatic heterocycles. The summed E-state index contributed by atoms with van der Waals surface area (Å²) in [5.74, 6) is 5.54. The fourth-order valence-corrected chi connectivity index (χ4v) is 8.87. The van der Waals surface area contributed by atoms with Gasteiger partial charge in [0, 0.05) is 6.61 Å². The Balaban J connectivity index is 1.74. The SMILES string of the molecule is CC(C)CCC[C@@H](C)[C@H]1CCC2C3CC[C@@H](CCO)[C@](C)(CCN=O)C3CC[C@@]21C. The minimum Gasteiger partial charge on any atom is -0.396 e. The molecule has 30 heavy (non-hydrogen) atoms. The number of nitroso groups, excluding NO2 is 1. The van der Waals surface area contributed by atoms with Crippen molar-refractivity contribution in [3.63, 3.8) is 0 Å². The van der Waals surface area contributed by atoms with Gasteiger partial charge in [-0.1, -0.05) is 59.1 Å². The first-order chi connectivity index (χ1) is 14.3. The average molecular weight is 420 g/mol. The Morgan fingerprint density at radius 2 is 1.77 bits per heavy atom. The van der Waals surface area contributed by atoms with Gasteiger partial charge in [-0.05, 0) is 104 Å². The topological polar surface area (TPSA) is 49.7 Å². The molecule has 0 aromatic rings. The molecule has 3 fully saturated rings. The van der Waals surface area contributed by atoms with E-state index in [2.05, 4.69) is 39.8 Å². The molecule has 0 saturated heterocycles. The summed E-state index contributed by atoms with van der Waals surface area (Å²) in [4.78, 5) is 11.0. The fraction of sp³-hybridized carbons (Fsp3) is 1.00. The van der Waals surface area contributed by atoms with Gasteiger partial charge in [-0.2, -0.15) is 4.91 Å². The molecule has 0 heterocycles. The average Bonchev–Trinajstić information content (AvgIpc) is 3.06. The Kier molecular flexibility index (Phi) is 8.07. The quantitative estimate of drug-likeness (QED) is 0.373. The Hall–Kier alpha value is -0.440. The van der Waals surface area contributed by atoms with Gasteiger partial charge >= 0.3 is 0 Å². The van der Waals surface area contributed by atoms with E-state index in [0.29, 0.717) is 17.9 Å². The Morgan fingerprint density at radius 3 is 2.43 bits per heavy atom. The molecule has 0 spiro atoms. The normalized spacial score (nSPS) is 42.0. The molecule has 3 saturated carbocycles. The van der Waals surface area contributed by atoms with Gasteiger partial charge in [0.2, 0.25) is 0 Å². The van der Waals surface area contributed by atoms with Crippen molar-refractivity contribution in [2.24, 2.45) is 57.4 Å². The molecule has 3 aliphatic rings. The molecule has 3 aliphatic carbocycles. The van der Waals surface area contributed by atoms with Crippen LogP contribution in [0.4, 0.5) is 0 Å². The lowest BCUT2D eigenvalue weighted by molar-refractivity contribution is -0.106. The molecule has 3 nitrogen and oxygen atoms in total. The van der Waals surface area contributed by atoms with Gasteiger partial charge in [0.1, 0.15) is 0 Å². The van der Waals surface area contributed by atoms with Crippen molar-refractivity contribution in [3.05, 3.63) is 4.91 Å². The van der Waals surface area contributed by atoms with Crippen LogP contribution < -0.4 is 0 Å². The van der Waals surface area contributed by atoms with E-state index in [9.17, 15) is 10.0 Å². The van der Waals surface area contributed by atoms with E-state index in [-0.39, 0.29) is 12.0 Å². The van der Waals surface area contributed by atoms with Crippen LogP contribution in [0, 0.1) is 57.2 Å². The third kappa shape index (κ3) is 4.52. The minimum absolute atomic E-state index is 0.182. The molecular weight excluding hydrogens is 370 g/mol. The standard InChI is InChI=1S/C27H49NO2/c1-19(2)7-6-8-20(3)23-11-12-24-22-10-9-21(14-18-29)26(4,16-17-28-30)25(22)13-15-27(23,24)5/h19-25,29H,6-18H2,1-5H3/t20-,21+,22?,23-,24?,25?,26+,27-/m1/s1. The third-order valence-corrected chi connectivity index (χ3v) is 10.5. The molecule has 0 bridgehead atoms. The highest BCUT2D eigenvalue weighted by Crippen LogP contribution is 2.67. The highest BCUT2D eigenvalue weighted by molar-refractivity contribution is 5.08. The van der Waals surface area contributed by atoms with Crippen LogP contribution in [-0.2, 0) is 0 Å². The Morgan fingerprint density at radius 1 is 1.00 bits per heavy atom. The summed E-state index contributed by atoms with van der Waals surface area (Å²) < 4.78 is 0. The summed E-state index contributed by atoms with van der Waals surface area (Å²) in [6.45, 7) is 13.1. The highest BCUT2D eigenvalue weighted by atomic mass is 16.3. The molecule has 3 rings (SSSR count). The molecule has 3 heteroatoms. The maximum atomic E-state index is 11.0. The van der Waals surface area contributed by atoms with E-state index in [4.69, 9.17) is 0 Å². The number of aliphatic hydroxyl groups excluding tert-OH is 1. The molecule has 1 N–H and O–H groups in total. The molecule has 0 aliphatic heterocycles. The summed E-state index contributed by atoms with van der Waals surface area (Å²) in [5.41, 5.74) is 0.702. The lowest BCUT2D eigenvalue weighted by Gasteiger charge is -2.59. The van der Waals surface area contributed by atoms with Gasteiger partial charge in [0.15, 0.2) is 0 Å². The second-order valence-corrected chi connectivity index (χ2v) is 12.3. The van der Waals surface area contributed by atoms with Crippen molar-refractivity contribution in [3.8, 4) is 0 Å². The first kappa shape index (κ1) is 24.2. The number of hydrogen-bond acceptors (Lipinski definition) is 3. The first-order valence-electron chi connectivity index (χ1n) is 13.2. The third-order valence-electron chi connectivity index (χ3n) is 10.5. The van der Waals surface area contributed by atoms with Gasteiger partial charge in [-0.3, -0.25) is 0 Å². The van der Waals surface area contributed by atoms with Gasteiger partial charge in [-0.25, -0.2) is 0 Å². The van der Waals surface area contributed by atoms with E-state index < -0.39 is 0 Å². The zero-order valence-corrected chi connectivity index (χ0v) is 20.5. The molecule has 0 amide bonds. The minimum atomic E-state index is 0.182. The van der Waals surface area contributed by atoms with Crippen LogP contribution >= 0.6 is 0 Å². The summed E-state index contributed by atoms with van der Waals surface area (Å²) in [7, 11) is 0. The molecule has 8 atom stereocenters. The maximum absolute atomic E-state index is 11.0. The monoisotopic (exact) mass is 419 g/mol. The van der Waals surface area contributed by atoms with Gasteiger partial charge in [0.25, 0.3) is 0 Å². The van der Waals surface area contributed by atoms with Crippen LogP contribution in [0.2, 0.25) is 0 Å². The summed E-state index contributed by atoms with van der Waals surface area (Å²) in [5, 5.41) is 12.9. The Labute approximate surface area is 186 Å². The van der Waals surface area contributed by atoms with Crippen molar-refractivity contribution >= 4 is 0 Å². The molecule has 174 valence electrons. The molecular formula is C27H49NO2. The highest BCUT2D eigenvalue weighted by Gasteiger charge is 2.59. The van der Waals surface area contributed by atoms with Crippen LogP contribution in [0.15, 0.2) is 5.18 Å². The number of rotatable bonds is 10. The summed E-state index contributed by atoms with van der Waals surface area (Å²) in [6, 6.07) is 0. The second-order valence-electron chi connectivity index (χ2n) is 12.3. The molecule has 0 aromatic carbocycles. The molecule has 0 radical (unpaired) electrons. The largest absolute Gasteiger partial charge is 0.396 e. The van der Waals surface area contributed by atoms with Crippen molar-refractivity contribution in [1.82, 2.24) is 0 Å². The van der Waals surface area contributed by atoms with E-state index in [1.54, 1.807) is 0 Å². The van der Waals surface area contributed by atoms with Crippen molar-refractivity contribution in [1.29, 1.82) is 0 Å². The van der Waals surface area contributed by atoms with Gasteiger partial charge in [-0.15, -0.1) is 0 Å². The predicted octanol–water partition coefficient (Wildman–Crippen LogP) is 7.46. The number of aliphatic hydroxyl groups is 1. The van der Waals surface area contributed by atoms with Crippen molar-refractivity contribution in [2.45, 2.75) is 105 Å². The van der Waals surface area contributed by atoms with Crippen LogP contribution in [0.3, 0.4) is 0 Å². The molecule has 3 unspecified atom stereocenters. The van der Waals surface area contributed by atoms with E-state index in [0.717, 1.165) is 48.3 Å². The number of fused-ring (bicyclic) bond motifs is 3. The number of hydrogen-bond donors (Lipinski definition) is 1. The summed E-state index contributed by atoms with van der Waals surface area (Å²) >= 11 is 0. The van der Waals surface area contributed by atoms with Crippen LogP contribution in [0.5, 0.6) is 0 Å². The van der Waals surface area contributed by atoms with Gasteiger partial charge in [0.05, 0.1) is 6.54 Å². The van der Waals surface area contributed by atoms with Crippen LogP contribution in [0.1, 0.15) is 105 Å². The lowest BCUT2D eigenvalue weighted by Crippen LogP contribution is -2.52. The zero-order chi connectivity index (χ0) is 21.9. The first-order valence-corrected chi connectivity index (χ1v) is 13.2. The van der Waals surface area contributed by atoms with Crippen LogP contribution in [0.25, 0.3) is 0 Å². The Bertz CT molecular complexity index is 563. The zero-order valence-electron chi connectivity index (χ0n) is 20.5. The lowest BCUT2D eigenvalue weighted by atomic mass is 9.45. The van der Waals surface area contributed by atoms with E-state index >= 15 is 0 Å². The van der Waals surface area contributed by atoms with E-state index in [1.807, 2.05) is 0 Å². The van der Waals surface area contributed by atoms with Gasteiger partial charge < -0.3 is 5.11 Å². The second kappa shape index (κ2) is 10.0. The van der Waals surface area contributed by atoms with Crippen molar-refractivity contribution in [2.75, 3.05) is 13.2 Å². The maximum Gasteiger partial charge on any atom is 0.0816 e. The number of nitrogens with zero attached hydrogens (tertiary/aromatic N) is 1. The van der Waals surface area contributed by atoms with Crippen molar-refractivity contribution < 1.29 is 5.11 Å². The van der Waals surface area contributed by atoms with E-state index in [1.165, 1.54) is 57.8 Å². The summed E-state index contributed by atoms with van der Waals surface area (Å²) in [6.07, 6.45) is 14.1. The fourth-order valence-electron chi connectivity index (χ4n) is 8.87. The predicted molar refractivity (Wildman–Crippen MR) is 126 cm³/mol.